The van der Waals surface area contributed by atoms with Gasteiger partial charge in [-0.15, -0.1) is 0 Å². The zero-order valence-corrected chi connectivity index (χ0v) is 9.63. The highest BCUT2D eigenvalue weighted by Gasteiger charge is 2.30. The number of hydrogen-bond acceptors (Lipinski definition) is 4. The first kappa shape index (κ1) is 12.1. The van der Waals surface area contributed by atoms with Crippen LogP contribution in [0.4, 0.5) is 0 Å². The molecule has 2 rings (SSSR count). The number of aromatic nitrogens is 2. The van der Waals surface area contributed by atoms with E-state index in [1.165, 1.54) is 17.0 Å². The lowest BCUT2D eigenvalue weighted by molar-refractivity contribution is -0.149. The predicted octanol–water partition coefficient (Wildman–Crippen LogP) is 0.529. The Bertz CT molecular complexity index is 487. The molecule has 1 fully saturated rings. The van der Waals surface area contributed by atoms with Crippen LogP contribution in [0.25, 0.3) is 0 Å². The molecule has 1 aromatic rings. The Morgan fingerprint density at radius 1 is 1.65 bits per heavy atom. The van der Waals surface area contributed by atoms with Crippen molar-refractivity contribution in [1.29, 1.82) is 0 Å². The molecule has 2 heterocycles. The van der Waals surface area contributed by atoms with Crippen LogP contribution in [0.2, 0.25) is 5.02 Å². The van der Waals surface area contributed by atoms with E-state index in [0.29, 0.717) is 17.9 Å². The summed E-state index contributed by atoms with van der Waals surface area (Å²) in [6.45, 7) is 0.274. The van der Waals surface area contributed by atoms with Gasteiger partial charge < -0.3 is 9.84 Å². The fourth-order valence-corrected chi connectivity index (χ4v) is 1.97. The van der Waals surface area contributed by atoms with Gasteiger partial charge in [0, 0.05) is 6.20 Å². The van der Waals surface area contributed by atoms with Crippen molar-refractivity contribution in [3.8, 4) is 0 Å². The van der Waals surface area contributed by atoms with Crippen LogP contribution in [0, 0.1) is 0 Å². The van der Waals surface area contributed by atoms with Crippen LogP contribution < -0.4 is 5.69 Å². The lowest BCUT2D eigenvalue weighted by Gasteiger charge is -2.12. The molecule has 6 nitrogen and oxygen atoms in total. The standard InChI is InChI=1S/C10H11ClN2O4/c11-6-3-12-10(16)13(4-6)5-7-1-2-8(17-7)9(14)15/h3-4,7-8H,1-2,5H2,(H,14,15). The third-order valence-electron chi connectivity index (χ3n) is 2.61. The van der Waals surface area contributed by atoms with Crippen LogP contribution in [-0.2, 0) is 16.1 Å². The lowest BCUT2D eigenvalue weighted by Crippen LogP contribution is -2.29. The highest BCUT2D eigenvalue weighted by Crippen LogP contribution is 2.20. The molecule has 0 spiro atoms. The van der Waals surface area contributed by atoms with Gasteiger partial charge in [-0.25, -0.2) is 14.6 Å². The number of aliphatic carboxylic acids is 1. The topological polar surface area (TPSA) is 81.4 Å². The predicted molar refractivity (Wildman–Crippen MR) is 59.0 cm³/mol. The van der Waals surface area contributed by atoms with Gasteiger partial charge in [0.05, 0.1) is 23.9 Å². The Balaban J connectivity index is 2.05. The Labute approximate surface area is 102 Å². The minimum atomic E-state index is -0.968. The summed E-state index contributed by atoms with van der Waals surface area (Å²) in [6.07, 6.45) is 2.75. The Kier molecular flexibility index (Phi) is 3.44. The second-order valence-corrected chi connectivity index (χ2v) is 4.31. The number of hydrogen-bond donors (Lipinski definition) is 1. The van der Waals surface area contributed by atoms with E-state index in [0.717, 1.165) is 0 Å². The summed E-state index contributed by atoms with van der Waals surface area (Å²) in [6, 6.07) is 0. The molecule has 2 atom stereocenters. The molecule has 0 bridgehead atoms. The first-order valence-electron chi connectivity index (χ1n) is 5.16. The number of rotatable bonds is 3. The molecule has 1 aliphatic rings. The average molecular weight is 259 g/mol. The van der Waals surface area contributed by atoms with Gasteiger partial charge in [0.25, 0.3) is 0 Å². The minimum absolute atomic E-state index is 0.274. The summed E-state index contributed by atoms with van der Waals surface area (Å²) < 4.78 is 6.62. The van der Waals surface area contributed by atoms with Crippen LogP contribution in [0.5, 0.6) is 0 Å². The highest BCUT2D eigenvalue weighted by molar-refractivity contribution is 6.30. The molecule has 1 saturated heterocycles. The van der Waals surface area contributed by atoms with Gasteiger partial charge in [0.2, 0.25) is 0 Å². The second-order valence-electron chi connectivity index (χ2n) is 3.87. The van der Waals surface area contributed by atoms with Gasteiger partial charge in [-0.1, -0.05) is 11.6 Å². The van der Waals surface area contributed by atoms with Crippen molar-refractivity contribution in [2.75, 3.05) is 0 Å². The van der Waals surface area contributed by atoms with Crippen molar-refractivity contribution in [3.63, 3.8) is 0 Å². The zero-order chi connectivity index (χ0) is 12.4. The van der Waals surface area contributed by atoms with E-state index in [1.54, 1.807) is 0 Å². The van der Waals surface area contributed by atoms with Gasteiger partial charge in [-0.3, -0.25) is 4.57 Å². The normalized spacial score (nSPS) is 23.8. The van der Waals surface area contributed by atoms with Crippen LogP contribution >= 0.6 is 11.6 Å². The Morgan fingerprint density at radius 3 is 3.06 bits per heavy atom. The van der Waals surface area contributed by atoms with Gasteiger partial charge in [-0.05, 0) is 12.8 Å². The number of carboxylic acid groups (broad SMARTS) is 1. The first-order valence-corrected chi connectivity index (χ1v) is 5.54. The van der Waals surface area contributed by atoms with Gasteiger partial charge in [0.15, 0.2) is 6.10 Å². The quantitative estimate of drug-likeness (QED) is 0.855. The average Bonchev–Trinajstić information content (AvgIpc) is 2.72. The number of carboxylic acids is 1. The van der Waals surface area contributed by atoms with Gasteiger partial charge >= 0.3 is 11.7 Å². The summed E-state index contributed by atoms with van der Waals surface area (Å²) in [4.78, 5) is 25.7. The monoisotopic (exact) mass is 258 g/mol. The SMILES string of the molecule is O=C(O)C1CCC(Cn2cc(Cl)cnc2=O)O1. The number of carbonyl (C=O) groups is 1. The molecule has 2 unspecified atom stereocenters. The van der Waals surface area contributed by atoms with Crippen LogP contribution in [0.15, 0.2) is 17.2 Å². The van der Waals surface area contributed by atoms with E-state index in [4.69, 9.17) is 21.4 Å². The summed E-state index contributed by atoms with van der Waals surface area (Å²) in [5.41, 5.74) is -0.420. The summed E-state index contributed by atoms with van der Waals surface area (Å²) in [5.74, 6) is -0.968. The van der Waals surface area contributed by atoms with E-state index < -0.39 is 17.8 Å². The lowest BCUT2D eigenvalue weighted by atomic mass is 10.2. The largest absolute Gasteiger partial charge is 0.479 e. The van der Waals surface area contributed by atoms with E-state index in [2.05, 4.69) is 4.98 Å². The zero-order valence-electron chi connectivity index (χ0n) is 8.88. The maximum Gasteiger partial charge on any atom is 0.347 e. The van der Waals surface area contributed by atoms with Crippen molar-refractivity contribution in [1.82, 2.24) is 9.55 Å². The summed E-state index contributed by atoms with van der Waals surface area (Å²) in [5, 5.41) is 9.13. The molecule has 17 heavy (non-hydrogen) atoms. The van der Waals surface area contributed by atoms with Crippen molar-refractivity contribution < 1.29 is 14.6 Å². The van der Waals surface area contributed by atoms with Crippen molar-refractivity contribution in [2.24, 2.45) is 0 Å². The molecule has 0 saturated carbocycles. The maximum absolute atomic E-state index is 11.4. The Hall–Kier alpha value is -1.40. The fraction of sp³-hybridized carbons (Fsp3) is 0.500. The minimum Gasteiger partial charge on any atom is -0.479 e. The molecule has 0 aliphatic carbocycles. The third kappa shape index (κ3) is 2.83. The molecule has 1 aliphatic heterocycles. The van der Waals surface area contributed by atoms with E-state index in [1.807, 2.05) is 0 Å². The Morgan fingerprint density at radius 2 is 2.41 bits per heavy atom. The molecule has 1 N–H and O–H groups in total. The summed E-state index contributed by atoms with van der Waals surface area (Å²) >= 11 is 5.72. The number of nitrogens with zero attached hydrogens (tertiary/aromatic N) is 2. The van der Waals surface area contributed by atoms with Gasteiger partial charge in [0.1, 0.15) is 0 Å². The van der Waals surface area contributed by atoms with Crippen molar-refractivity contribution in [2.45, 2.75) is 31.6 Å². The second kappa shape index (κ2) is 4.85. The molecule has 92 valence electrons. The van der Waals surface area contributed by atoms with Crippen LogP contribution in [0.1, 0.15) is 12.8 Å². The third-order valence-corrected chi connectivity index (χ3v) is 2.80. The van der Waals surface area contributed by atoms with Crippen molar-refractivity contribution >= 4 is 17.6 Å². The van der Waals surface area contributed by atoms with E-state index >= 15 is 0 Å². The summed E-state index contributed by atoms with van der Waals surface area (Å²) in [7, 11) is 0. The molecule has 1 aromatic heterocycles. The smallest absolute Gasteiger partial charge is 0.347 e. The highest BCUT2D eigenvalue weighted by atomic mass is 35.5. The molecule has 0 aromatic carbocycles. The fourth-order valence-electron chi connectivity index (χ4n) is 1.80. The molecule has 0 radical (unpaired) electrons. The van der Waals surface area contributed by atoms with E-state index in [9.17, 15) is 9.59 Å². The maximum atomic E-state index is 11.4. The number of halogens is 1. The molecule has 7 heteroatoms. The molecule has 0 amide bonds. The van der Waals surface area contributed by atoms with E-state index in [-0.39, 0.29) is 12.6 Å². The van der Waals surface area contributed by atoms with Crippen LogP contribution in [-0.4, -0.2) is 32.8 Å². The molecular weight excluding hydrogens is 248 g/mol. The molecular formula is C10H11ClN2O4. The van der Waals surface area contributed by atoms with Crippen molar-refractivity contribution in [3.05, 3.63) is 27.9 Å². The number of ether oxygens (including phenoxy) is 1. The van der Waals surface area contributed by atoms with Crippen LogP contribution in [0.3, 0.4) is 0 Å². The van der Waals surface area contributed by atoms with Gasteiger partial charge in [-0.2, -0.15) is 0 Å². The first-order chi connectivity index (χ1) is 8.06.